The van der Waals surface area contributed by atoms with E-state index in [0.29, 0.717) is 22.9 Å². The van der Waals surface area contributed by atoms with Crippen LogP contribution in [0.2, 0.25) is 0 Å². The molecule has 0 spiro atoms. The number of aliphatic imine (C=N–C) groups is 1. The van der Waals surface area contributed by atoms with Gasteiger partial charge in [0.05, 0.1) is 12.1 Å². The van der Waals surface area contributed by atoms with E-state index in [-0.39, 0.29) is 17.2 Å². The zero-order valence-electron chi connectivity index (χ0n) is 12.9. The lowest BCUT2D eigenvalue weighted by Gasteiger charge is -2.05. The number of nitrogens with one attached hydrogen (secondary N) is 1. The van der Waals surface area contributed by atoms with Gasteiger partial charge in [-0.15, -0.1) is 0 Å². The van der Waals surface area contributed by atoms with E-state index in [2.05, 4.69) is 32.6 Å². The van der Waals surface area contributed by atoms with Gasteiger partial charge in [-0.1, -0.05) is 12.1 Å². The van der Waals surface area contributed by atoms with Crippen LogP contribution in [-0.4, -0.2) is 21.4 Å². The number of H-pyrrole nitrogens is 1. The normalized spacial score (nSPS) is 11.4. The standard InChI is InChI=1S/C18H15IN2O3/c1-10-2-3-11(6-16(10)22)8-20-9-15-14-7-12(19)4-5-13(14)17(23)21-18(15)24/h2-7,9,22H,8H2,1H3,(H2,21,23,24). The van der Waals surface area contributed by atoms with Crippen LogP contribution < -0.4 is 5.56 Å². The Labute approximate surface area is 151 Å². The topological polar surface area (TPSA) is 85.7 Å². The van der Waals surface area contributed by atoms with E-state index in [9.17, 15) is 15.0 Å². The van der Waals surface area contributed by atoms with Crippen molar-refractivity contribution >= 4 is 39.6 Å². The minimum atomic E-state index is -0.334. The first-order valence-electron chi connectivity index (χ1n) is 7.28. The number of benzene rings is 2. The molecule has 3 rings (SSSR count). The summed E-state index contributed by atoms with van der Waals surface area (Å²) in [7, 11) is 0. The SMILES string of the molecule is Cc1ccc(CN=Cc2c(O)[nH]c(=O)c3ccc(I)cc23)cc1O. The zero-order valence-corrected chi connectivity index (χ0v) is 15.0. The molecule has 0 bridgehead atoms. The van der Waals surface area contributed by atoms with Gasteiger partial charge in [0.2, 0.25) is 5.88 Å². The van der Waals surface area contributed by atoms with Crippen molar-refractivity contribution in [2.24, 2.45) is 4.99 Å². The Hall–Kier alpha value is -2.35. The molecule has 0 saturated heterocycles. The van der Waals surface area contributed by atoms with Gasteiger partial charge in [-0.2, -0.15) is 0 Å². The number of hydrogen-bond donors (Lipinski definition) is 3. The van der Waals surface area contributed by atoms with Crippen LogP contribution in [-0.2, 0) is 6.54 Å². The highest BCUT2D eigenvalue weighted by atomic mass is 127. The number of fused-ring (bicyclic) bond motifs is 1. The number of phenolic OH excluding ortho intramolecular Hbond substituents is 1. The Kier molecular flexibility index (Phi) is 4.57. The van der Waals surface area contributed by atoms with Gasteiger partial charge in [-0.05, 0) is 64.9 Å². The second-order valence-electron chi connectivity index (χ2n) is 5.50. The Morgan fingerprint density at radius 2 is 1.96 bits per heavy atom. The number of aryl methyl sites for hydroxylation is 1. The summed E-state index contributed by atoms with van der Waals surface area (Å²) in [4.78, 5) is 18.7. The first kappa shape index (κ1) is 16.5. The Balaban J connectivity index is 1.98. The smallest absolute Gasteiger partial charge is 0.258 e. The molecular formula is C18H15IN2O3. The van der Waals surface area contributed by atoms with Crippen LogP contribution in [0.1, 0.15) is 16.7 Å². The molecule has 0 aliphatic heterocycles. The summed E-state index contributed by atoms with van der Waals surface area (Å²) in [5.74, 6) is 0.0274. The van der Waals surface area contributed by atoms with Gasteiger partial charge in [-0.3, -0.25) is 14.8 Å². The molecule has 2 aromatic carbocycles. The number of hydrogen-bond acceptors (Lipinski definition) is 4. The first-order valence-corrected chi connectivity index (χ1v) is 8.36. The summed E-state index contributed by atoms with van der Waals surface area (Å²) >= 11 is 2.16. The fourth-order valence-electron chi connectivity index (χ4n) is 2.43. The molecule has 3 aromatic rings. The quantitative estimate of drug-likeness (QED) is 0.436. The highest BCUT2D eigenvalue weighted by Crippen LogP contribution is 2.23. The predicted molar refractivity (Wildman–Crippen MR) is 103 cm³/mol. The van der Waals surface area contributed by atoms with Crippen molar-refractivity contribution in [3.8, 4) is 11.6 Å². The molecule has 0 fully saturated rings. The number of aromatic amines is 1. The van der Waals surface area contributed by atoms with Crippen molar-refractivity contribution in [1.29, 1.82) is 0 Å². The minimum Gasteiger partial charge on any atom is -0.508 e. The number of rotatable bonds is 3. The summed E-state index contributed by atoms with van der Waals surface area (Å²) in [6.45, 7) is 2.19. The third kappa shape index (κ3) is 3.28. The number of phenols is 1. The van der Waals surface area contributed by atoms with Crippen LogP contribution in [0.4, 0.5) is 0 Å². The number of aromatic hydroxyl groups is 2. The lowest BCUT2D eigenvalue weighted by Crippen LogP contribution is -2.08. The average molecular weight is 434 g/mol. The van der Waals surface area contributed by atoms with Crippen LogP contribution in [0, 0.1) is 10.5 Å². The van der Waals surface area contributed by atoms with Crippen LogP contribution in [0.15, 0.2) is 46.2 Å². The summed E-state index contributed by atoms with van der Waals surface area (Å²) in [6, 6.07) is 10.8. The second kappa shape index (κ2) is 6.64. The van der Waals surface area contributed by atoms with E-state index in [1.165, 1.54) is 0 Å². The fraction of sp³-hybridized carbons (Fsp3) is 0.111. The molecule has 5 nitrogen and oxygen atoms in total. The lowest BCUT2D eigenvalue weighted by atomic mass is 10.1. The van der Waals surface area contributed by atoms with Crippen LogP contribution in [0.5, 0.6) is 11.6 Å². The van der Waals surface area contributed by atoms with Crippen molar-refractivity contribution in [2.45, 2.75) is 13.5 Å². The molecule has 122 valence electrons. The van der Waals surface area contributed by atoms with E-state index in [0.717, 1.165) is 14.7 Å². The summed E-state index contributed by atoms with van der Waals surface area (Å²) < 4.78 is 0.961. The van der Waals surface area contributed by atoms with E-state index in [1.54, 1.807) is 18.3 Å². The van der Waals surface area contributed by atoms with Crippen molar-refractivity contribution in [2.75, 3.05) is 0 Å². The maximum absolute atomic E-state index is 11.9. The molecule has 0 atom stereocenters. The lowest BCUT2D eigenvalue weighted by molar-refractivity contribution is 0.452. The van der Waals surface area contributed by atoms with Gasteiger partial charge in [0.1, 0.15) is 5.75 Å². The monoisotopic (exact) mass is 434 g/mol. The summed E-state index contributed by atoms with van der Waals surface area (Å²) in [6.07, 6.45) is 1.54. The molecule has 0 aliphatic carbocycles. The molecule has 0 radical (unpaired) electrons. The van der Waals surface area contributed by atoms with Crippen LogP contribution in [0.3, 0.4) is 0 Å². The first-order chi connectivity index (χ1) is 11.5. The molecule has 0 aliphatic rings. The van der Waals surface area contributed by atoms with Gasteiger partial charge in [0.25, 0.3) is 5.56 Å². The van der Waals surface area contributed by atoms with E-state index in [1.807, 2.05) is 31.2 Å². The molecule has 1 aromatic heterocycles. The number of pyridine rings is 1. The molecule has 0 saturated carbocycles. The van der Waals surface area contributed by atoms with E-state index < -0.39 is 0 Å². The minimum absolute atomic E-state index is 0.204. The number of aromatic nitrogens is 1. The maximum atomic E-state index is 11.9. The van der Waals surface area contributed by atoms with Crippen molar-refractivity contribution in [1.82, 2.24) is 4.98 Å². The Bertz CT molecular complexity index is 1010. The maximum Gasteiger partial charge on any atom is 0.258 e. The molecule has 1 heterocycles. The third-order valence-corrected chi connectivity index (χ3v) is 4.44. The van der Waals surface area contributed by atoms with Gasteiger partial charge in [0.15, 0.2) is 0 Å². The molecule has 3 N–H and O–H groups in total. The summed E-state index contributed by atoms with van der Waals surface area (Å²) in [5, 5.41) is 21.0. The van der Waals surface area contributed by atoms with Crippen molar-refractivity contribution in [3.05, 3.63) is 67.0 Å². The Morgan fingerprint density at radius 3 is 2.71 bits per heavy atom. The number of nitrogens with zero attached hydrogens (tertiary/aromatic N) is 1. The van der Waals surface area contributed by atoms with Crippen molar-refractivity contribution in [3.63, 3.8) is 0 Å². The highest BCUT2D eigenvalue weighted by molar-refractivity contribution is 14.1. The second-order valence-corrected chi connectivity index (χ2v) is 6.74. The van der Waals surface area contributed by atoms with Gasteiger partial charge >= 0.3 is 0 Å². The molecule has 0 unspecified atom stereocenters. The fourth-order valence-corrected chi connectivity index (χ4v) is 2.92. The average Bonchev–Trinajstić information content (AvgIpc) is 2.53. The molecule has 0 amide bonds. The third-order valence-electron chi connectivity index (χ3n) is 3.77. The van der Waals surface area contributed by atoms with Gasteiger partial charge in [-0.25, -0.2) is 0 Å². The van der Waals surface area contributed by atoms with E-state index in [4.69, 9.17) is 0 Å². The highest BCUT2D eigenvalue weighted by Gasteiger charge is 2.09. The Morgan fingerprint density at radius 1 is 1.17 bits per heavy atom. The largest absolute Gasteiger partial charge is 0.508 e. The molecular weight excluding hydrogens is 419 g/mol. The van der Waals surface area contributed by atoms with Crippen LogP contribution >= 0.6 is 22.6 Å². The number of halogens is 1. The predicted octanol–water partition coefficient (Wildman–Crippen LogP) is 3.47. The zero-order chi connectivity index (χ0) is 17.3. The molecule has 24 heavy (non-hydrogen) atoms. The molecule has 6 heteroatoms. The van der Waals surface area contributed by atoms with Crippen LogP contribution in [0.25, 0.3) is 10.8 Å². The van der Waals surface area contributed by atoms with Crippen molar-refractivity contribution < 1.29 is 10.2 Å². The van der Waals surface area contributed by atoms with Gasteiger partial charge in [0, 0.05) is 20.6 Å². The summed E-state index contributed by atoms with van der Waals surface area (Å²) in [5.41, 5.74) is 1.80. The van der Waals surface area contributed by atoms with E-state index >= 15 is 0 Å². The van der Waals surface area contributed by atoms with Gasteiger partial charge < -0.3 is 10.2 Å².